The fraction of sp³-hybridized carbons (Fsp3) is 0.467. The number of hydrogen-bond acceptors (Lipinski definition) is 4. The summed E-state index contributed by atoms with van der Waals surface area (Å²) in [6.07, 6.45) is 0.268. The molecule has 0 atom stereocenters. The van der Waals surface area contributed by atoms with E-state index < -0.39 is 5.41 Å². The van der Waals surface area contributed by atoms with Gasteiger partial charge in [0.05, 0.1) is 19.1 Å². The predicted octanol–water partition coefficient (Wildman–Crippen LogP) is 1.44. The molecule has 1 aliphatic rings. The molecule has 1 heterocycles. The molecule has 1 aliphatic heterocycles. The number of benzene rings is 1. The number of amides is 2. The van der Waals surface area contributed by atoms with Crippen LogP contribution in [0.4, 0.5) is 0 Å². The Kier molecular flexibility index (Phi) is 3.81. The molecule has 2 amide bonds. The van der Waals surface area contributed by atoms with Crippen LogP contribution in [0.25, 0.3) is 0 Å². The number of hydrogen-bond donors (Lipinski definition) is 1. The fourth-order valence-corrected chi connectivity index (χ4v) is 2.43. The van der Waals surface area contributed by atoms with Gasteiger partial charge in [0.15, 0.2) is 0 Å². The van der Waals surface area contributed by atoms with Gasteiger partial charge in [-0.1, -0.05) is 26.0 Å². The highest BCUT2D eigenvalue weighted by Gasteiger charge is 2.44. The lowest BCUT2D eigenvalue weighted by Gasteiger charge is -2.18. The minimum absolute atomic E-state index is 0.121. The molecule has 2 N–H and O–H groups in total. The van der Waals surface area contributed by atoms with E-state index in [0.29, 0.717) is 12.3 Å². The number of nitrogens with zero attached hydrogens (tertiary/aromatic N) is 1. The second-order valence-electron chi connectivity index (χ2n) is 5.70. The van der Waals surface area contributed by atoms with Gasteiger partial charge in [0.1, 0.15) is 5.75 Å². The quantitative estimate of drug-likeness (QED) is 0.845. The molecule has 0 spiro atoms. The summed E-state index contributed by atoms with van der Waals surface area (Å²) < 4.78 is 5.27. The smallest absolute Gasteiger partial charge is 0.235 e. The van der Waals surface area contributed by atoms with E-state index in [9.17, 15) is 9.59 Å². The summed E-state index contributed by atoms with van der Waals surface area (Å²) in [6, 6.07) is 5.56. The van der Waals surface area contributed by atoms with Gasteiger partial charge in [0.25, 0.3) is 0 Å². The Balaban J connectivity index is 2.23. The Bertz CT molecular complexity index is 552. The van der Waals surface area contributed by atoms with Gasteiger partial charge in [-0.05, 0) is 11.6 Å². The Morgan fingerprint density at radius 2 is 2.05 bits per heavy atom. The second-order valence-corrected chi connectivity index (χ2v) is 5.70. The highest BCUT2D eigenvalue weighted by Crippen LogP contribution is 2.33. The lowest BCUT2D eigenvalue weighted by molar-refractivity contribution is -0.141. The topological polar surface area (TPSA) is 72.6 Å². The van der Waals surface area contributed by atoms with Crippen LogP contribution in [0.15, 0.2) is 18.2 Å². The minimum atomic E-state index is -0.599. The fourth-order valence-electron chi connectivity index (χ4n) is 2.43. The van der Waals surface area contributed by atoms with Crippen molar-refractivity contribution in [1.82, 2.24) is 4.90 Å². The Labute approximate surface area is 118 Å². The largest absolute Gasteiger partial charge is 0.496 e. The van der Waals surface area contributed by atoms with Gasteiger partial charge in [0.2, 0.25) is 11.8 Å². The first kappa shape index (κ1) is 14.5. The van der Waals surface area contributed by atoms with Gasteiger partial charge in [-0.3, -0.25) is 14.5 Å². The highest BCUT2D eigenvalue weighted by atomic mass is 16.5. The number of carbonyl (C=O) groups is 2. The molecule has 0 aromatic heterocycles. The molecule has 0 saturated carbocycles. The van der Waals surface area contributed by atoms with E-state index in [4.69, 9.17) is 10.5 Å². The first-order chi connectivity index (χ1) is 9.39. The maximum atomic E-state index is 12.2. The molecule has 0 radical (unpaired) electrons. The normalized spacial score (nSPS) is 17.7. The van der Waals surface area contributed by atoms with Crippen LogP contribution < -0.4 is 10.5 Å². The summed E-state index contributed by atoms with van der Waals surface area (Å²) in [6.45, 7) is 4.26. The van der Waals surface area contributed by atoms with Crippen molar-refractivity contribution < 1.29 is 14.3 Å². The van der Waals surface area contributed by atoms with Gasteiger partial charge in [0, 0.05) is 18.5 Å². The van der Waals surface area contributed by atoms with E-state index in [-0.39, 0.29) is 24.8 Å². The number of ether oxygens (including phenoxy) is 1. The molecule has 5 heteroatoms. The molecule has 0 aliphatic carbocycles. The van der Waals surface area contributed by atoms with Gasteiger partial charge < -0.3 is 10.5 Å². The van der Waals surface area contributed by atoms with E-state index in [1.807, 2.05) is 18.2 Å². The number of rotatable bonds is 4. The van der Waals surface area contributed by atoms with Crippen LogP contribution in [-0.4, -0.2) is 23.8 Å². The number of carbonyl (C=O) groups excluding carboxylic acids is 2. The molecule has 20 heavy (non-hydrogen) atoms. The van der Waals surface area contributed by atoms with Crippen molar-refractivity contribution in [2.75, 3.05) is 7.11 Å². The second kappa shape index (κ2) is 5.25. The maximum absolute atomic E-state index is 12.2. The van der Waals surface area contributed by atoms with E-state index in [1.54, 1.807) is 21.0 Å². The SMILES string of the molecule is COc1cc(CN2C(=O)CC(C)(C)C2=O)ccc1CN. The van der Waals surface area contributed by atoms with Crippen LogP contribution in [0.3, 0.4) is 0 Å². The van der Waals surface area contributed by atoms with Crippen LogP contribution in [-0.2, 0) is 22.7 Å². The minimum Gasteiger partial charge on any atom is -0.496 e. The molecular formula is C15H20N2O3. The molecule has 0 unspecified atom stereocenters. The van der Waals surface area contributed by atoms with Crippen molar-refractivity contribution in [2.45, 2.75) is 33.4 Å². The standard InChI is InChI=1S/C15H20N2O3/c1-15(2)7-13(18)17(14(15)19)9-10-4-5-11(8-16)12(6-10)20-3/h4-6H,7-9,16H2,1-3H3. The Morgan fingerprint density at radius 1 is 1.35 bits per heavy atom. The van der Waals surface area contributed by atoms with Gasteiger partial charge >= 0.3 is 0 Å². The zero-order valence-corrected chi connectivity index (χ0v) is 12.1. The molecular weight excluding hydrogens is 256 g/mol. The molecule has 1 fully saturated rings. The highest BCUT2D eigenvalue weighted by molar-refractivity contribution is 6.05. The summed E-state index contributed by atoms with van der Waals surface area (Å²) in [4.78, 5) is 25.4. The monoisotopic (exact) mass is 276 g/mol. The summed E-state index contributed by atoms with van der Waals surface area (Å²) in [5.41, 5.74) is 6.78. The summed E-state index contributed by atoms with van der Waals surface area (Å²) in [7, 11) is 1.58. The molecule has 5 nitrogen and oxygen atoms in total. The lowest BCUT2D eigenvalue weighted by Crippen LogP contribution is -2.32. The van der Waals surface area contributed by atoms with E-state index in [1.165, 1.54) is 4.90 Å². The number of imide groups is 1. The van der Waals surface area contributed by atoms with Gasteiger partial charge in [-0.15, -0.1) is 0 Å². The van der Waals surface area contributed by atoms with Crippen molar-refractivity contribution in [2.24, 2.45) is 11.1 Å². The maximum Gasteiger partial charge on any atom is 0.235 e. The third kappa shape index (κ3) is 2.54. The first-order valence-electron chi connectivity index (χ1n) is 6.59. The molecule has 1 saturated heterocycles. The average Bonchev–Trinajstić information content (AvgIpc) is 2.60. The van der Waals surface area contributed by atoms with Crippen molar-refractivity contribution in [3.05, 3.63) is 29.3 Å². The molecule has 0 bridgehead atoms. The van der Waals surface area contributed by atoms with Crippen LogP contribution >= 0.6 is 0 Å². The molecule has 108 valence electrons. The van der Waals surface area contributed by atoms with Crippen molar-refractivity contribution in [3.63, 3.8) is 0 Å². The Hall–Kier alpha value is -1.88. The van der Waals surface area contributed by atoms with Crippen molar-refractivity contribution >= 4 is 11.8 Å². The number of methoxy groups -OCH3 is 1. The van der Waals surface area contributed by atoms with Crippen LogP contribution in [0.1, 0.15) is 31.4 Å². The zero-order chi connectivity index (χ0) is 14.9. The first-order valence-corrected chi connectivity index (χ1v) is 6.59. The van der Waals surface area contributed by atoms with E-state index in [2.05, 4.69) is 0 Å². The van der Waals surface area contributed by atoms with E-state index in [0.717, 1.165) is 11.1 Å². The Morgan fingerprint density at radius 3 is 2.55 bits per heavy atom. The summed E-state index contributed by atoms with van der Waals surface area (Å²) >= 11 is 0. The van der Waals surface area contributed by atoms with Crippen LogP contribution in [0.5, 0.6) is 5.75 Å². The molecule has 1 aromatic rings. The van der Waals surface area contributed by atoms with Crippen molar-refractivity contribution in [3.8, 4) is 5.75 Å². The molecule has 1 aromatic carbocycles. The van der Waals surface area contributed by atoms with Gasteiger partial charge in [-0.25, -0.2) is 0 Å². The summed E-state index contributed by atoms with van der Waals surface area (Å²) in [5, 5.41) is 0. The van der Waals surface area contributed by atoms with Crippen LogP contribution in [0.2, 0.25) is 0 Å². The lowest BCUT2D eigenvalue weighted by atomic mass is 9.92. The van der Waals surface area contributed by atoms with Crippen molar-refractivity contribution in [1.29, 1.82) is 0 Å². The van der Waals surface area contributed by atoms with E-state index >= 15 is 0 Å². The third-order valence-electron chi connectivity index (χ3n) is 3.63. The predicted molar refractivity (Wildman–Crippen MR) is 74.8 cm³/mol. The summed E-state index contributed by atoms with van der Waals surface area (Å²) in [5.74, 6) is 0.439. The third-order valence-corrected chi connectivity index (χ3v) is 3.63. The average molecular weight is 276 g/mol. The van der Waals surface area contributed by atoms with Crippen LogP contribution in [0, 0.1) is 5.41 Å². The zero-order valence-electron chi connectivity index (χ0n) is 12.1. The van der Waals surface area contributed by atoms with Gasteiger partial charge in [-0.2, -0.15) is 0 Å². The molecule has 2 rings (SSSR count). The number of likely N-dealkylation sites (tertiary alicyclic amines) is 1. The number of nitrogens with two attached hydrogens (primary N) is 1.